The highest BCUT2D eigenvalue weighted by Gasteiger charge is 2.16. The van der Waals surface area contributed by atoms with Gasteiger partial charge < -0.3 is 19.2 Å². The Balaban J connectivity index is 3.81. The molecule has 13 nitrogen and oxygen atoms in total. The van der Waals surface area contributed by atoms with Crippen molar-refractivity contribution in [3.63, 3.8) is 0 Å². The molecule has 0 saturated carbocycles. The summed E-state index contributed by atoms with van der Waals surface area (Å²) in [6.45, 7) is -1.74. The molecule has 0 aromatic heterocycles. The first kappa shape index (κ1) is 15.6. The fourth-order valence-corrected chi connectivity index (χ4v) is 0.760. The van der Waals surface area contributed by atoms with Gasteiger partial charge in [-0.15, -0.1) is 30.3 Å². The van der Waals surface area contributed by atoms with Gasteiger partial charge >= 0.3 is 0 Å². The third-order valence-corrected chi connectivity index (χ3v) is 1.33. The van der Waals surface area contributed by atoms with E-state index in [4.69, 9.17) is 4.74 Å². The van der Waals surface area contributed by atoms with Crippen molar-refractivity contribution in [3.8, 4) is 0 Å². The number of nitrogens with zero attached hydrogens (tertiary/aromatic N) is 3. The van der Waals surface area contributed by atoms with E-state index in [0.29, 0.717) is 0 Å². The van der Waals surface area contributed by atoms with Crippen LogP contribution in [-0.2, 0) is 19.2 Å². The van der Waals surface area contributed by atoms with Crippen molar-refractivity contribution in [2.45, 2.75) is 6.10 Å². The van der Waals surface area contributed by atoms with E-state index < -0.39 is 34.6 Å². The van der Waals surface area contributed by atoms with E-state index in [1.807, 2.05) is 0 Å². The van der Waals surface area contributed by atoms with Crippen molar-refractivity contribution < 1.29 is 34.5 Å². The number of rotatable bonds is 11. The molecule has 13 heteroatoms. The van der Waals surface area contributed by atoms with Crippen molar-refractivity contribution in [2.75, 3.05) is 26.4 Å². The lowest BCUT2D eigenvalue weighted by molar-refractivity contribution is -0.790. The zero-order valence-corrected chi connectivity index (χ0v) is 8.83. The average molecular weight is 271 g/mol. The smallest absolute Gasteiger partial charge is 0.294 e. The van der Waals surface area contributed by atoms with E-state index >= 15 is 0 Å². The molecule has 0 spiro atoms. The zero-order valence-electron chi connectivity index (χ0n) is 8.83. The van der Waals surface area contributed by atoms with E-state index in [1.54, 1.807) is 0 Å². The minimum Gasteiger partial charge on any atom is -0.377 e. The summed E-state index contributed by atoms with van der Waals surface area (Å²) in [6.07, 6.45) is -1.32. The molecule has 0 bridgehead atoms. The van der Waals surface area contributed by atoms with Gasteiger partial charge in [-0.25, -0.2) is 0 Å². The standard InChI is InChI=1S/C5H9N3O10/c9-6(10)16-2-1-15-3-5(18-8(13)14)4-17-7(11)12/h5H,1-4H2. The summed E-state index contributed by atoms with van der Waals surface area (Å²) >= 11 is 0. The summed E-state index contributed by atoms with van der Waals surface area (Å²) in [6, 6.07) is 0. The van der Waals surface area contributed by atoms with Crippen molar-refractivity contribution in [1.29, 1.82) is 0 Å². The van der Waals surface area contributed by atoms with Crippen LogP contribution in [0.25, 0.3) is 0 Å². The van der Waals surface area contributed by atoms with E-state index in [9.17, 15) is 30.3 Å². The van der Waals surface area contributed by atoms with Crippen molar-refractivity contribution in [3.05, 3.63) is 30.3 Å². The van der Waals surface area contributed by atoms with E-state index in [-0.39, 0.29) is 13.2 Å². The molecule has 1 atom stereocenters. The molecule has 0 saturated heterocycles. The van der Waals surface area contributed by atoms with Crippen LogP contribution >= 0.6 is 0 Å². The van der Waals surface area contributed by atoms with Gasteiger partial charge in [0.05, 0.1) is 13.2 Å². The second-order valence-electron chi connectivity index (χ2n) is 2.60. The summed E-state index contributed by atoms with van der Waals surface area (Å²) in [5.41, 5.74) is 0. The Labute approximate surface area is 98.5 Å². The Hall–Kier alpha value is -2.44. The van der Waals surface area contributed by atoms with E-state index in [0.717, 1.165) is 0 Å². The normalized spacial score (nSPS) is 11.3. The van der Waals surface area contributed by atoms with Crippen LogP contribution in [0, 0.1) is 30.3 Å². The molecule has 0 aliphatic heterocycles. The van der Waals surface area contributed by atoms with Gasteiger partial charge in [0.2, 0.25) is 0 Å². The first-order chi connectivity index (χ1) is 8.41. The Morgan fingerprint density at radius 1 is 0.833 bits per heavy atom. The van der Waals surface area contributed by atoms with Crippen molar-refractivity contribution in [2.24, 2.45) is 0 Å². The average Bonchev–Trinajstić information content (AvgIpc) is 2.23. The van der Waals surface area contributed by atoms with Crippen LogP contribution in [-0.4, -0.2) is 47.8 Å². The third kappa shape index (κ3) is 10.1. The lowest BCUT2D eigenvalue weighted by Gasteiger charge is -2.13. The predicted octanol–water partition coefficient (Wildman–Crippen LogP) is -1.00. The summed E-state index contributed by atoms with van der Waals surface area (Å²) in [4.78, 5) is 41.4. The Kier molecular flexibility index (Phi) is 7.51. The molecule has 0 amide bonds. The molecule has 0 fully saturated rings. The molecule has 0 radical (unpaired) electrons. The molecule has 0 heterocycles. The van der Waals surface area contributed by atoms with Crippen LogP contribution in [0.2, 0.25) is 0 Å². The van der Waals surface area contributed by atoms with Gasteiger partial charge in [0.15, 0.2) is 6.10 Å². The highest BCUT2D eigenvalue weighted by atomic mass is 17.0. The lowest BCUT2D eigenvalue weighted by Crippen LogP contribution is -2.30. The van der Waals surface area contributed by atoms with E-state index in [2.05, 4.69) is 14.5 Å². The summed E-state index contributed by atoms with van der Waals surface area (Å²) in [5, 5.41) is 26.3. The van der Waals surface area contributed by atoms with E-state index in [1.165, 1.54) is 0 Å². The molecule has 1 unspecified atom stereocenters. The quantitative estimate of drug-likeness (QED) is 0.258. The number of hydrogen-bond donors (Lipinski definition) is 0. The molecule has 0 aromatic rings. The highest BCUT2D eigenvalue weighted by Crippen LogP contribution is 1.96. The largest absolute Gasteiger partial charge is 0.377 e. The zero-order chi connectivity index (χ0) is 14.0. The number of hydrogen-bond acceptors (Lipinski definition) is 10. The van der Waals surface area contributed by atoms with Crippen molar-refractivity contribution >= 4 is 0 Å². The predicted molar refractivity (Wildman–Crippen MR) is 48.6 cm³/mol. The minimum absolute atomic E-state index is 0.239. The first-order valence-corrected chi connectivity index (χ1v) is 4.35. The molecule has 0 rings (SSSR count). The molecule has 104 valence electrons. The molecule has 0 aliphatic carbocycles. The fourth-order valence-electron chi connectivity index (χ4n) is 0.760. The Bertz CT molecular complexity index is 295. The van der Waals surface area contributed by atoms with Gasteiger partial charge in [0.1, 0.15) is 13.2 Å². The van der Waals surface area contributed by atoms with Crippen LogP contribution in [0.5, 0.6) is 0 Å². The maximum absolute atomic E-state index is 10.0. The van der Waals surface area contributed by atoms with Crippen LogP contribution in [0.1, 0.15) is 0 Å². The van der Waals surface area contributed by atoms with Crippen LogP contribution in [0.15, 0.2) is 0 Å². The molecular formula is C5H9N3O10. The van der Waals surface area contributed by atoms with Gasteiger partial charge in [-0.1, -0.05) is 0 Å². The second-order valence-corrected chi connectivity index (χ2v) is 2.60. The highest BCUT2D eigenvalue weighted by molar-refractivity contribution is 4.51. The van der Waals surface area contributed by atoms with Crippen LogP contribution in [0.4, 0.5) is 0 Å². The monoisotopic (exact) mass is 271 g/mol. The maximum Gasteiger partial charge on any atom is 0.294 e. The van der Waals surface area contributed by atoms with Gasteiger partial charge in [-0.05, 0) is 0 Å². The third-order valence-electron chi connectivity index (χ3n) is 1.33. The van der Waals surface area contributed by atoms with Gasteiger partial charge in [-0.3, -0.25) is 0 Å². The van der Waals surface area contributed by atoms with Crippen LogP contribution in [0.3, 0.4) is 0 Å². The lowest BCUT2D eigenvalue weighted by atomic mass is 10.4. The molecule has 0 N–H and O–H groups in total. The number of ether oxygens (including phenoxy) is 1. The Morgan fingerprint density at radius 3 is 1.94 bits per heavy atom. The second kappa shape index (κ2) is 8.68. The molecular weight excluding hydrogens is 262 g/mol. The molecule has 0 aliphatic rings. The first-order valence-electron chi connectivity index (χ1n) is 4.35. The van der Waals surface area contributed by atoms with Crippen molar-refractivity contribution in [1.82, 2.24) is 0 Å². The molecule has 18 heavy (non-hydrogen) atoms. The summed E-state index contributed by atoms with van der Waals surface area (Å²) in [7, 11) is 0. The van der Waals surface area contributed by atoms with Gasteiger partial charge in [0.25, 0.3) is 15.3 Å². The van der Waals surface area contributed by atoms with Gasteiger partial charge in [-0.2, -0.15) is 0 Å². The molecule has 0 aromatic carbocycles. The Morgan fingerprint density at radius 2 is 1.44 bits per heavy atom. The SMILES string of the molecule is O=[N+]([O-])OCCOCC(CO[N+](=O)[O-])O[N+](=O)[O-]. The summed E-state index contributed by atoms with van der Waals surface area (Å²) in [5.74, 6) is 0. The topological polar surface area (TPSA) is 166 Å². The maximum atomic E-state index is 10.0. The van der Waals surface area contributed by atoms with Gasteiger partial charge in [0, 0.05) is 0 Å². The van der Waals surface area contributed by atoms with Crippen LogP contribution < -0.4 is 0 Å². The summed E-state index contributed by atoms with van der Waals surface area (Å²) < 4.78 is 4.72. The fraction of sp³-hybridized carbons (Fsp3) is 1.00. The minimum atomic E-state index is -1.32.